The molecule has 1 aliphatic heterocycles. The van der Waals surface area contributed by atoms with Gasteiger partial charge >= 0.3 is 0 Å². The lowest BCUT2D eigenvalue weighted by atomic mass is 9.98. The number of carbonyl (C=O) groups is 2. The van der Waals surface area contributed by atoms with Crippen molar-refractivity contribution in [1.82, 2.24) is 4.90 Å². The van der Waals surface area contributed by atoms with Gasteiger partial charge in [-0.3, -0.25) is 9.59 Å². The van der Waals surface area contributed by atoms with Crippen LogP contribution in [0.25, 0.3) is 0 Å². The lowest BCUT2D eigenvalue weighted by Gasteiger charge is -2.40. The third kappa shape index (κ3) is 4.94. The molecule has 31 heavy (non-hydrogen) atoms. The predicted octanol–water partition coefficient (Wildman–Crippen LogP) is 3.42. The van der Waals surface area contributed by atoms with Crippen LogP contribution in [0.4, 0.5) is 10.1 Å². The molecule has 1 heterocycles. The van der Waals surface area contributed by atoms with E-state index in [1.165, 1.54) is 12.1 Å². The second-order valence-corrected chi connectivity index (χ2v) is 8.22. The van der Waals surface area contributed by atoms with Crippen molar-refractivity contribution >= 4 is 17.5 Å². The first-order valence-corrected chi connectivity index (χ1v) is 10.7. The zero-order valence-corrected chi connectivity index (χ0v) is 17.3. The normalized spacial score (nSPS) is 22.0. The number of nitrogens with one attached hydrogen (secondary N) is 1. The molecule has 0 unspecified atom stereocenters. The van der Waals surface area contributed by atoms with Gasteiger partial charge in [0.15, 0.2) is 0 Å². The maximum absolute atomic E-state index is 13.2. The van der Waals surface area contributed by atoms with E-state index in [4.69, 9.17) is 4.74 Å². The molecule has 1 aliphatic carbocycles. The number of anilines is 1. The predicted molar refractivity (Wildman–Crippen MR) is 114 cm³/mol. The average Bonchev–Trinajstić information content (AvgIpc) is 3.32. The smallest absolute Gasteiger partial charge is 0.249 e. The maximum Gasteiger partial charge on any atom is 0.249 e. The number of benzene rings is 2. The van der Waals surface area contributed by atoms with Crippen LogP contribution in [0.2, 0.25) is 0 Å². The summed E-state index contributed by atoms with van der Waals surface area (Å²) in [4.78, 5) is 26.4. The second kappa shape index (κ2) is 9.58. The monoisotopic (exact) mass is 426 g/mol. The average molecular weight is 426 g/mol. The van der Waals surface area contributed by atoms with Gasteiger partial charge in [-0.25, -0.2) is 4.39 Å². The lowest BCUT2D eigenvalue weighted by molar-refractivity contribution is -0.162. The Bertz CT molecular complexity index is 910. The largest absolute Gasteiger partial charge is 0.394 e. The summed E-state index contributed by atoms with van der Waals surface area (Å²) in [6.07, 6.45) is 3.59. The van der Waals surface area contributed by atoms with E-state index in [1.807, 2.05) is 24.3 Å². The summed E-state index contributed by atoms with van der Waals surface area (Å²) in [5.41, 5.74) is 2.31. The van der Waals surface area contributed by atoms with Crippen LogP contribution in [0.3, 0.4) is 0 Å². The molecule has 2 fully saturated rings. The van der Waals surface area contributed by atoms with Crippen molar-refractivity contribution in [3.05, 3.63) is 65.5 Å². The number of aliphatic hydroxyl groups is 1. The lowest BCUT2D eigenvalue weighted by Crippen LogP contribution is -2.52. The molecule has 2 aromatic rings. The Kier molecular flexibility index (Phi) is 6.63. The van der Waals surface area contributed by atoms with Gasteiger partial charge in [-0.2, -0.15) is 0 Å². The molecule has 1 saturated carbocycles. The van der Waals surface area contributed by atoms with Crippen LogP contribution >= 0.6 is 0 Å². The Morgan fingerprint density at radius 2 is 1.77 bits per heavy atom. The fourth-order valence-corrected chi connectivity index (χ4v) is 4.40. The molecule has 2 aromatic carbocycles. The zero-order chi connectivity index (χ0) is 21.8. The molecule has 2 amide bonds. The molecule has 0 spiro atoms. The van der Waals surface area contributed by atoms with Crippen LogP contribution < -0.4 is 5.32 Å². The first-order chi connectivity index (χ1) is 15.0. The van der Waals surface area contributed by atoms with E-state index >= 15 is 0 Å². The third-order valence-corrected chi connectivity index (χ3v) is 6.14. The number of carbonyl (C=O) groups excluding carboxylic acids is 2. The number of rotatable bonds is 6. The van der Waals surface area contributed by atoms with Crippen molar-refractivity contribution in [2.24, 2.45) is 5.92 Å². The molecule has 7 heteroatoms. The van der Waals surface area contributed by atoms with Crippen molar-refractivity contribution in [3.63, 3.8) is 0 Å². The van der Waals surface area contributed by atoms with Crippen LogP contribution in [-0.4, -0.2) is 41.1 Å². The minimum absolute atomic E-state index is 0.0588. The minimum Gasteiger partial charge on any atom is -0.394 e. The SMILES string of the molecule is O=C(Nc1ccc([C@H]2OCC(=O)N(Cc3ccc(F)cc3)[C@@H]2CO)cc1)C1CCCC1. The van der Waals surface area contributed by atoms with Crippen LogP contribution in [-0.2, 0) is 20.9 Å². The molecule has 0 radical (unpaired) electrons. The van der Waals surface area contributed by atoms with Crippen LogP contribution in [0.5, 0.6) is 0 Å². The molecule has 2 atom stereocenters. The first kappa shape index (κ1) is 21.5. The Labute approximate surface area is 181 Å². The summed E-state index contributed by atoms with van der Waals surface area (Å²) in [5, 5.41) is 13.0. The van der Waals surface area contributed by atoms with E-state index in [0.717, 1.165) is 42.5 Å². The molecule has 2 aliphatic rings. The molecule has 164 valence electrons. The summed E-state index contributed by atoms with van der Waals surface area (Å²) in [7, 11) is 0. The van der Waals surface area contributed by atoms with Gasteiger partial charge in [0.2, 0.25) is 11.8 Å². The topological polar surface area (TPSA) is 78.9 Å². The molecular formula is C24H27FN2O4. The van der Waals surface area contributed by atoms with Crippen molar-refractivity contribution in [3.8, 4) is 0 Å². The van der Waals surface area contributed by atoms with Gasteiger partial charge in [0.1, 0.15) is 18.5 Å². The van der Waals surface area contributed by atoms with Crippen molar-refractivity contribution in [2.45, 2.75) is 44.4 Å². The van der Waals surface area contributed by atoms with Gasteiger partial charge < -0.3 is 20.1 Å². The summed E-state index contributed by atoms with van der Waals surface area (Å²) in [5.74, 6) is -0.413. The van der Waals surface area contributed by atoms with Crippen LogP contribution in [0.1, 0.15) is 42.9 Å². The zero-order valence-electron chi connectivity index (χ0n) is 17.3. The van der Waals surface area contributed by atoms with Gasteiger partial charge in [-0.15, -0.1) is 0 Å². The van der Waals surface area contributed by atoms with E-state index in [1.54, 1.807) is 17.0 Å². The highest BCUT2D eigenvalue weighted by atomic mass is 19.1. The van der Waals surface area contributed by atoms with E-state index < -0.39 is 12.1 Å². The number of amides is 2. The first-order valence-electron chi connectivity index (χ1n) is 10.7. The summed E-state index contributed by atoms with van der Waals surface area (Å²) >= 11 is 0. The number of ether oxygens (including phenoxy) is 1. The maximum atomic E-state index is 13.2. The van der Waals surface area contributed by atoms with Crippen molar-refractivity contribution < 1.29 is 23.8 Å². The molecule has 4 rings (SSSR count). The van der Waals surface area contributed by atoms with Gasteiger partial charge in [0.25, 0.3) is 0 Å². The molecule has 0 aromatic heterocycles. The van der Waals surface area contributed by atoms with E-state index in [2.05, 4.69) is 5.32 Å². The Morgan fingerprint density at radius 3 is 2.42 bits per heavy atom. The number of halogens is 1. The molecule has 6 nitrogen and oxygen atoms in total. The third-order valence-electron chi connectivity index (χ3n) is 6.14. The van der Waals surface area contributed by atoms with Crippen LogP contribution in [0, 0.1) is 11.7 Å². The standard InChI is InChI=1S/C24H27FN2O4/c25-19-9-5-16(6-10-19)13-27-21(14-28)23(31-15-22(27)29)17-7-11-20(12-8-17)26-24(30)18-3-1-2-4-18/h5-12,18,21,23,28H,1-4,13-15H2,(H,26,30)/t21-,23-/m1/s1. The quantitative estimate of drug-likeness (QED) is 0.742. The van der Waals surface area contributed by atoms with Gasteiger partial charge in [-0.1, -0.05) is 37.1 Å². The van der Waals surface area contributed by atoms with E-state index in [9.17, 15) is 19.1 Å². The molecule has 0 bridgehead atoms. The Morgan fingerprint density at radius 1 is 1.10 bits per heavy atom. The van der Waals surface area contributed by atoms with E-state index in [-0.39, 0.29) is 43.3 Å². The summed E-state index contributed by atoms with van der Waals surface area (Å²) in [6.45, 7) is -0.0972. The number of morpholine rings is 1. The fourth-order valence-electron chi connectivity index (χ4n) is 4.40. The van der Waals surface area contributed by atoms with Crippen LogP contribution in [0.15, 0.2) is 48.5 Å². The van der Waals surface area contributed by atoms with Crippen molar-refractivity contribution in [2.75, 3.05) is 18.5 Å². The molecule has 2 N–H and O–H groups in total. The second-order valence-electron chi connectivity index (χ2n) is 8.22. The molecule has 1 saturated heterocycles. The number of aliphatic hydroxyl groups excluding tert-OH is 1. The minimum atomic E-state index is -0.565. The number of hydrogen-bond donors (Lipinski definition) is 2. The Balaban J connectivity index is 1.46. The van der Waals surface area contributed by atoms with Gasteiger partial charge in [0, 0.05) is 18.2 Å². The number of hydrogen-bond acceptors (Lipinski definition) is 4. The number of nitrogens with zero attached hydrogens (tertiary/aromatic N) is 1. The van der Waals surface area contributed by atoms with Gasteiger partial charge in [-0.05, 0) is 48.2 Å². The van der Waals surface area contributed by atoms with Crippen molar-refractivity contribution in [1.29, 1.82) is 0 Å². The fraction of sp³-hybridized carbons (Fsp3) is 0.417. The Hall–Kier alpha value is -2.77. The highest BCUT2D eigenvalue weighted by molar-refractivity contribution is 5.92. The highest BCUT2D eigenvalue weighted by Gasteiger charge is 2.37. The summed E-state index contributed by atoms with van der Waals surface area (Å²) < 4.78 is 19.0. The highest BCUT2D eigenvalue weighted by Crippen LogP contribution is 2.31. The van der Waals surface area contributed by atoms with Gasteiger partial charge in [0.05, 0.1) is 12.6 Å². The molecular weight excluding hydrogens is 399 g/mol. The summed E-state index contributed by atoms with van der Waals surface area (Å²) in [6, 6.07) is 12.7. The van der Waals surface area contributed by atoms with E-state index in [0.29, 0.717) is 0 Å².